The van der Waals surface area contributed by atoms with Crippen LogP contribution in [0, 0.1) is 0 Å². The molecule has 5 nitrogen and oxygen atoms in total. The van der Waals surface area contributed by atoms with Gasteiger partial charge in [-0.05, 0) is 49.2 Å². The summed E-state index contributed by atoms with van der Waals surface area (Å²) in [6, 6.07) is 1.59. The van der Waals surface area contributed by atoms with Crippen LogP contribution in [-0.2, 0) is 11.2 Å². The van der Waals surface area contributed by atoms with Crippen LogP contribution in [0.3, 0.4) is 0 Å². The van der Waals surface area contributed by atoms with Crippen molar-refractivity contribution >= 4 is 22.0 Å². The fourth-order valence-electron chi connectivity index (χ4n) is 2.19. The number of nitrogens with one attached hydrogen (secondary N) is 1. The first kappa shape index (κ1) is 16.8. The van der Waals surface area contributed by atoms with Crippen LogP contribution in [0.4, 0.5) is 4.79 Å². The molecule has 0 spiro atoms. The van der Waals surface area contributed by atoms with Gasteiger partial charge in [0.15, 0.2) is 5.75 Å². The third kappa shape index (κ3) is 4.22. The van der Waals surface area contributed by atoms with E-state index in [4.69, 9.17) is 9.47 Å². The molecule has 0 aromatic carbocycles. The van der Waals surface area contributed by atoms with Crippen molar-refractivity contribution in [3.05, 3.63) is 34.6 Å². The summed E-state index contributed by atoms with van der Waals surface area (Å²) in [6.07, 6.45) is 2.63. The summed E-state index contributed by atoms with van der Waals surface area (Å²) in [5, 5.41) is 2.85. The number of rotatable bonds is 4. The molecule has 6 heteroatoms. The van der Waals surface area contributed by atoms with Gasteiger partial charge in [0.2, 0.25) is 0 Å². The molecule has 2 rings (SSSR count). The van der Waals surface area contributed by atoms with E-state index >= 15 is 0 Å². The fourth-order valence-corrected chi connectivity index (χ4v) is 2.77. The predicted molar refractivity (Wildman–Crippen MR) is 88.1 cm³/mol. The molecule has 0 saturated carbocycles. The first-order valence-electron chi connectivity index (χ1n) is 7.22. The zero-order chi connectivity index (χ0) is 16.3. The van der Waals surface area contributed by atoms with Crippen LogP contribution in [0.15, 0.2) is 23.2 Å². The Bertz CT molecular complexity index is 581. The van der Waals surface area contributed by atoms with Crippen molar-refractivity contribution in [3.63, 3.8) is 0 Å². The van der Waals surface area contributed by atoms with Gasteiger partial charge in [0.1, 0.15) is 5.60 Å². The van der Waals surface area contributed by atoms with Crippen molar-refractivity contribution in [2.24, 2.45) is 0 Å². The minimum Gasteiger partial charge on any atom is -0.490 e. The number of aromatic nitrogens is 1. The number of alkyl carbamates (subject to hydrolysis) is 1. The molecule has 1 atom stereocenters. The van der Waals surface area contributed by atoms with E-state index in [0.29, 0.717) is 13.0 Å². The van der Waals surface area contributed by atoms with Gasteiger partial charge in [-0.15, -0.1) is 6.58 Å². The third-order valence-electron chi connectivity index (χ3n) is 3.05. The van der Waals surface area contributed by atoms with Gasteiger partial charge in [0.25, 0.3) is 0 Å². The average Bonchev–Trinajstić information content (AvgIpc) is 2.84. The van der Waals surface area contributed by atoms with E-state index in [2.05, 4.69) is 32.8 Å². The number of pyridine rings is 1. The van der Waals surface area contributed by atoms with Crippen molar-refractivity contribution in [1.29, 1.82) is 0 Å². The van der Waals surface area contributed by atoms with Crippen LogP contribution in [-0.4, -0.2) is 23.3 Å². The lowest BCUT2D eigenvalue weighted by Gasteiger charge is -2.23. The van der Waals surface area contributed by atoms with Crippen LogP contribution in [0.2, 0.25) is 0 Å². The Morgan fingerprint density at radius 3 is 3.00 bits per heavy atom. The molecular weight excluding hydrogens is 348 g/mol. The van der Waals surface area contributed by atoms with Gasteiger partial charge < -0.3 is 14.8 Å². The van der Waals surface area contributed by atoms with Gasteiger partial charge in [0, 0.05) is 6.42 Å². The van der Waals surface area contributed by atoms with Crippen molar-refractivity contribution < 1.29 is 14.3 Å². The lowest BCUT2D eigenvalue weighted by Crippen LogP contribution is -2.35. The van der Waals surface area contributed by atoms with Crippen LogP contribution in [0.5, 0.6) is 5.75 Å². The molecule has 0 bridgehead atoms. The quantitative estimate of drug-likeness (QED) is 0.818. The summed E-state index contributed by atoms with van der Waals surface area (Å²) in [6.45, 7) is 9.87. The molecular formula is C16H21BrN2O3. The van der Waals surface area contributed by atoms with Crippen LogP contribution in [0.1, 0.15) is 44.6 Å². The van der Waals surface area contributed by atoms with Crippen LogP contribution in [0.25, 0.3) is 0 Å². The molecule has 0 saturated heterocycles. The van der Waals surface area contributed by atoms with E-state index in [1.54, 1.807) is 6.08 Å². The Morgan fingerprint density at radius 1 is 1.64 bits per heavy atom. The van der Waals surface area contributed by atoms with Gasteiger partial charge in [0.05, 0.1) is 28.5 Å². The summed E-state index contributed by atoms with van der Waals surface area (Å²) >= 11 is 3.50. The normalized spacial score (nSPS) is 14.7. The van der Waals surface area contributed by atoms with Gasteiger partial charge in [-0.1, -0.05) is 6.08 Å². The number of hydrogen-bond donors (Lipinski definition) is 1. The molecule has 120 valence electrons. The highest BCUT2D eigenvalue weighted by Gasteiger charge is 2.24. The number of halogens is 1. The first-order valence-corrected chi connectivity index (χ1v) is 8.02. The molecule has 1 aromatic rings. The lowest BCUT2D eigenvalue weighted by molar-refractivity contribution is 0.0503. The molecule has 0 radical (unpaired) electrons. The second-order valence-electron chi connectivity index (χ2n) is 6.13. The van der Waals surface area contributed by atoms with E-state index in [1.807, 2.05) is 26.8 Å². The molecule has 1 N–H and O–H groups in total. The van der Waals surface area contributed by atoms with Crippen molar-refractivity contribution in [2.75, 3.05) is 6.61 Å². The number of carbonyl (C=O) groups is 1. The van der Waals surface area contributed by atoms with Crippen LogP contribution < -0.4 is 10.1 Å². The molecule has 0 fully saturated rings. The number of ether oxygens (including phenoxy) is 2. The molecule has 1 aliphatic rings. The van der Waals surface area contributed by atoms with Crippen LogP contribution >= 0.6 is 15.9 Å². The fraction of sp³-hybridized carbons (Fsp3) is 0.500. The lowest BCUT2D eigenvalue weighted by atomic mass is 10.1. The maximum absolute atomic E-state index is 12.0. The van der Waals surface area contributed by atoms with E-state index in [-0.39, 0.29) is 6.04 Å². The maximum atomic E-state index is 12.0. The van der Waals surface area contributed by atoms with E-state index in [0.717, 1.165) is 28.0 Å². The van der Waals surface area contributed by atoms with Crippen molar-refractivity contribution in [1.82, 2.24) is 10.3 Å². The highest BCUT2D eigenvalue weighted by Crippen LogP contribution is 2.34. The Kier molecular flexibility index (Phi) is 5.11. The third-order valence-corrected chi connectivity index (χ3v) is 3.64. The molecule has 22 heavy (non-hydrogen) atoms. The SMILES string of the molecule is C=CC[C@H](NC(=O)OC(C)(C)C)c1cc(Br)c2c(n1)CCO2. The largest absolute Gasteiger partial charge is 0.490 e. The predicted octanol–water partition coefficient (Wildman–Crippen LogP) is 3.92. The van der Waals surface area contributed by atoms with Gasteiger partial charge in [-0.25, -0.2) is 4.79 Å². The Hall–Kier alpha value is -1.56. The highest BCUT2D eigenvalue weighted by molar-refractivity contribution is 9.10. The minimum absolute atomic E-state index is 0.283. The zero-order valence-electron chi connectivity index (χ0n) is 13.1. The zero-order valence-corrected chi connectivity index (χ0v) is 14.7. The Morgan fingerprint density at radius 2 is 2.36 bits per heavy atom. The summed E-state index contributed by atoms with van der Waals surface area (Å²) in [7, 11) is 0. The first-order chi connectivity index (χ1) is 10.3. The summed E-state index contributed by atoms with van der Waals surface area (Å²) < 4.78 is 11.7. The summed E-state index contributed by atoms with van der Waals surface area (Å²) in [5.41, 5.74) is 1.13. The standard InChI is InChI=1S/C16H21BrN2O3/c1-5-6-11(19-15(20)22-16(2,3)4)13-9-10(17)14-12(18-13)7-8-21-14/h5,9,11H,1,6-8H2,2-4H3,(H,19,20)/t11-/m0/s1. The molecule has 1 aromatic heterocycles. The van der Waals surface area contributed by atoms with Crippen molar-refractivity contribution in [3.8, 4) is 5.75 Å². The second-order valence-corrected chi connectivity index (χ2v) is 6.98. The number of fused-ring (bicyclic) bond motifs is 1. The summed E-state index contributed by atoms with van der Waals surface area (Å²) in [5.74, 6) is 0.790. The summed E-state index contributed by atoms with van der Waals surface area (Å²) in [4.78, 5) is 16.6. The van der Waals surface area contributed by atoms with E-state index < -0.39 is 11.7 Å². The number of carbonyl (C=O) groups excluding carboxylic acids is 1. The molecule has 0 aliphatic carbocycles. The highest BCUT2D eigenvalue weighted by atomic mass is 79.9. The smallest absolute Gasteiger partial charge is 0.408 e. The number of nitrogens with zero attached hydrogens (tertiary/aromatic N) is 1. The molecule has 1 aliphatic heterocycles. The van der Waals surface area contributed by atoms with E-state index in [9.17, 15) is 4.79 Å². The maximum Gasteiger partial charge on any atom is 0.408 e. The Labute approximate surface area is 139 Å². The van der Waals surface area contributed by atoms with Gasteiger partial charge in [-0.3, -0.25) is 4.98 Å². The second kappa shape index (κ2) is 6.69. The number of hydrogen-bond acceptors (Lipinski definition) is 4. The minimum atomic E-state index is -0.539. The molecule has 1 amide bonds. The average molecular weight is 369 g/mol. The molecule has 0 unspecified atom stereocenters. The Balaban J connectivity index is 2.19. The van der Waals surface area contributed by atoms with Gasteiger partial charge in [-0.2, -0.15) is 0 Å². The molecule has 2 heterocycles. The van der Waals surface area contributed by atoms with E-state index in [1.165, 1.54) is 0 Å². The van der Waals surface area contributed by atoms with Crippen molar-refractivity contribution in [2.45, 2.75) is 45.3 Å². The number of amides is 1. The topological polar surface area (TPSA) is 60.5 Å². The monoisotopic (exact) mass is 368 g/mol. The van der Waals surface area contributed by atoms with Gasteiger partial charge >= 0.3 is 6.09 Å².